The molecule has 6 aromatic rings. The van der Waals surface area contributed by atoms with Crippen LogP contribution in [0.2, 0.25) is 0 Å². The average molecular weight is 915 g/mol. The third-order valence-electron chi connectivity index (χ3n) is 8.28. The fraction of sp³-hybridized carbons (Fsp3) is 0.0303. The molecular weight excluding hydrogens is 891 g/mol. The second-order valence-corrected chi connectivity index (χ2v) is 17.8. The Balaban J connectivity index is 0.00000410. The number of hydrogen-bond donors (Lipinski definition) is 6. The molecule has 0 radical (unpaired) electrons. The van der Waals surface area contributed by atoms with Crippen molar-refractivity contribution in [3.63, 3.8) is 0 Å². The van der Waals surface area contributed by atoms with Crippen molar-refractivity contribution in [3.8, 4) is 11.5 Å². The van der Waals surface area contributed by atoms with E-state index >= 15 is 0 Å². The van der Waals surface area contributed by atoms with Gasteiger partial charge in [0.15, 0.2) is 11.5 Å². The van der Waals surface area contributed by atoms with Gasteiger partial charge in [-0.3, -0.25) is 9.11 Å². The molecule has 0 unspecified atom stereocenters. The number of benzene rings is 6. The summed E-state index contributed by atoms with van der Waals surface area (Å²) in [5, 5.41) is 44.2. The van der Waals surface area contributed by atoms with Crippen molar-refractivity contribution in [1.29, 1.82) is 0 Å². The summed E-state index contributed by atoms with van der Waals surface area (Å²) in [6.07, 6.45) is 0. The normalized spacial score (nSPS) is 12.7. The Labute approximate surface area is 379 Å². The Bertz CT molecular complexity index is 3340. The zero-order chi connectivity index (χ0) is 43.4. The molecule has 0 bridgehead atoms. The summed E-state index contributed by atoms with van der Waals surface area (Å²) in [6.45, 7) is 1.62. The molecule has 0 aromatic heterocycles. The first-order chi connectivity index (χ1) is 27.3. The van der Waals surface area contributed by atoms with Crippen molar-refractivity contribution < 1.29 is 111 Å². The monoisotopic (exact) mass is 914 g/mol. The molecule has 0 aliphatic carbocycles. The summed E-state index contributed by atoms with van der Waals surface area (Å²) in [5.74, 6) is -1.80. The van der Waals surface area contributed by atoms with E-state index in [1.165, 1.54) is 42.5 Å². The Morgan fingerprint density at radius 1 is 0.525 bits per heavy atom. The molecule has 306 valence electrons. The second-order valence-electron chi connectivity index (χ2n) is 12.3. The van der Waals surface area contributed by atoms with Gasteiger partial charge in [0, 0.05) is 22.1 Å². The number of nitrogen functional groups attached to an aromatic ring is 2. The van der Waals surface area contributed by atoms with E-state index in [1.54, 1.807) is 6.92 Å². The minimum Gasteiger partial charge on any atom is -0.744 e. The number of rotatable bonds is 10. The number of hydrogen-bond acceptors (Lipinski definition) is 20. The van der Waals surface area contributed by atoms with Gasteiger partial charge in [0.1, 0.15) is 31.6 Å². The molecule has 0 amide bonds. The predicted molar refractivity (Wildman–Crippen MR) is 206 cm³/mol. The van der Waals surface area contributed by atoms with Crippen LogP contribution in [0.3, 0.4) is 0 Å². The first-order valence-electron chi connectivity index (χ1n) is 15.8. The number of fused-ring (bicyclic) bond motifs is 2. The topological polar surface area (TPSA) is 390 Å². The second kappa shape index (κ2) is 17.8. The van der Waals surface area contributed by atoms with E-state index in [9.17, 15) is 62.1 Å². The van der Waals surface area contributed by atoms with Crippen LogP contribution in [0.25, 0.3) is 21.5 Å². The number of nitrogens with zero attached hydrogens (tertiary/aromatic N) is 6. The van der Waals surface area contributed by atoms with E-state index in [0.717, 1.165) is 36.4 Å². The summed E-state index contributed by atoms with van der Waals surface area (Å²) in [5.41, 5.74) is 10.7. The summed E-state index contributed by atoms with van der Waals surface area (Å²) in [4.78, 5) is -3.54. The van der Waals surface area contributed by atoms with Crippen molar-refractivity contribution in [1.82, 2.24) is 0 Å². The number of phenolic OH excluding ortho intramolecular Hbond substituents is 2. The predicted octanol–water partition coefficient (Wildman–Crippen LogP) is 0.433. The fourth-order valence-corrected chi connectivity index (χ4v) is 7.98. The maximum absolute atomic E-state index is 12.1. The number of nitrogens with two attached hydrogens (primary N) is 2. The first kappa shape index (κ1) is 48.7. The first-order valence-corrected chi connectivity index (χ1v) is 21.5. The van der Waals surface area contributed by atoms with E-state index in [0.29, 0.717) is 11.3 Å². The molecule has 0 saturated heterocycles. The molecule has 0 atom stereocenters. The molecule has 28 heteroatoms. The smallest absolute Gasteiger partial charge is 0.744 e. The molecule has 0 spiro atoms. The van der Waals surface area contributed by atoms with Crippen molar-refractivity contribution in [3.05, 3.63) is 84.4 Å². The molecule has 8 N–H and O–H groups in total. The fourth-order valence-electron chi connectivity index (χ4n) is 5.58. The van der Waals surface area contributed by atoms with E-state index in [2.05, 4.69) is 30.7 Å². The molecule has 0 fully saturated rings. The zero-order valence-electron chi connectivity index (χ0n) is 31.3. The van der Waals surface area contributed by atoms with Crippen LogP contribution in [0.4, 0.5) is 45.5 Å². The maximum Gasteiger partial charge on any atom is 1.00 e. The van der Waals surface area contributed by atoms with Gasteiger partial charge in [0.2, 0.25) is 0 Å². The van der Waals surface area contributed by atoms with Gasteiger partial charge in [-0.15, -0.1) is 10.2 Å². The van der Waals surface area contributed by atoms with Gasteiger partial charge in [0.05, 0.1) is 42.3 Å². The minimum atomic E-state index is -5.33. The number of aromatic hydroxyl groups is 2. The van der Waals surface area contributed by atoms with Crippen LogP contribution in [0, 0.1) is 6.92 Å². The minimum absolute atomic E-state index is 0. The van der Waals surface area contributed by atoms with Crippen molar-refractivity contribution in [2.75, 3.05) is 11.5 Å². The van der Waals surface area contributed by atoms with Gasteiger partial charge in [-0.1, -0.05) is 0 Å². The molecule has 22 nitrogen and oxygen atoms in total. The molecule has 6 rings (SSSR count). The maximum atomic E-state index is 12.1. The van der Waals surface area contributed by atoms with Crippen molar-refractivity contribution in [2.45, 2.75) is 26.5 Å². The van der Waals surface area contributed by atoms with E-state index in [1.807, 2.05) is 0 Å². The van der Waals surface area contributed by atoms with Crippen LogP contribution in [-0.4, -0.2) is 62.1 Å². The molecule has 0 heterocycles. The summed E-state index contributed by atoms with van der Waals surface area (Å²) in [7, 11) is -20.2. The molecular formula is C33H24LiN8NaO14S4. The number of aryl methyl sites for hydroxylation is 1. The SMILES string of the molecule is Cc1cc(N=Nc2c(S(=O)(=O)[O-])cc3cc(S(=O)(=O)O)cc(N)c3c2O)ccc1N=Nc1ccc(N=Nc2c(S(=O)(=O)[O-])cc3cc(S(=O)(=O)O)cc(N)c3c2O)cc1.[Li+].[Na+]. The number of phenols is 2. The van der Waals surface area contributed by atoms with Gasteiger partial charge in [-0.25, -0.2) is 16.8 Å². The van der Waals surface area contributed by atoms with Crippen LogP contribution >= 0.6 is 0 Å². The van der Waals surface area contributed by atoms with Gasteiger partial charge in [-0.2, -0.15) is 37.3 Å². The molecule has 61 heavy (non-hydrogen) atoms. The summed E-state index contributed by atoms with van der Waals surface area (Å²) < 4.78 is 138. The molecule has 0 aliphatic rings. The van der Waals surface area contributed by atoms with Crippen LogP contribution in [0.15, 0.2) is 129 Å². The summed E-state index contributed by atoms with van der Waals surface area (Å²) in [6, 6.07) is 14.6. The number of anilines is 2. The third-order valence-corrected chi connectivity index (χ3v) is 11.6. The Morgan fingerprint density at radius 3 is 1.25 bits per heavy atom. The zero-order valence-corrected chi connectivity index (χ0v) is 36.6. The van der Waals surface area contributed by atoms with E-state index < -0.39 is 82.9 Å². The Morgan fingerprint density at radius 2 is 0.885 bits per heavy atom. The molecule has 0 aliphatic heterocycles. The van der Waals surface area contributed by atoms with Crippen LogP contribution in [0.5, 0.6) is 11.5 Å². The third kappa shape index (κ3) is 10.6. The van der Waals surface area contributed by atoms with Crippen LogP contribution < -0.4 is 59.9 Å². The van der Waals surface area contributed by atoms with Gasteiger partial charge >= 0.3 is 48.4 Å². The Kier molecular flexibility index (Phi) is 14.2. The van der Waals surface area contributed by atoms with Gasteiger partial charge in [-0.05, 0) is 102 Å². The standard InChI is InChI=1S/C33H26N8O14S4.Li.Na/c1-15-8-20(38-41-31-27(59(53,54)55)12-17-10-22(57(47,48)49)14-24(35)29(17)33(31)43)6-7-25(15)39-36-18-2-4-19(5-3-18)37-40-30-26(58(50,51)52)11-16-9-21(56(44,45)46)13-23(34)28(16)32(30)42;;/h2-14,42-43H,34-35H2,1H3,(H,44,45,46)(H,47,48,49)(H,50,51,52)(H,53,54,55);;/q;2*+1/p-2. The van der Waals surface area contributed by atoms with Gasteiger partial charge < -0.3 is 30.8 Å². The Hall–Kier alpha value is -4.92. The van der Waals surface area contributed by atoms with E-state index in [4.69, 9.17) is 11.5 Å². The molecule has 6 aromatic carbocycles. The van der Waals surface area contributed by atoms with Crippen molar-refractivity contribution in [2.24, 2.45) is 30.7 Å². The average Bonchev–Trinajstić information content (AvgIpc) is 3.12. The van der Waals surface area contributed by atoms with Crippen LogP contribution in [-0.2, 0) is 40.5 Å². The van der Waals surface area contributed by atoms with E-state index in [-0.39, 0.29) is 98.4 Å². The van der Waals surface area contributed by atoms with Crippen LogP contribution in [0.1, 0.15) is 5.56 Å². The quantitative estimate of drug-likeness (QED) is 0.0470. The van der Waals surface area contributed by atoms with Gasteiger partial charge in [0.25, 0.3) is 20.2 Å². The summed E-state index contributed by atoms with van der Waals surface area (Å²) >= 11 is 0. The largest absolute Gasteiger partial charge is 1.00 e. The molecule has 0 saturated carbocycles. The van der Waals surface area contributed by atoms with Crippen molar-refractivity contribution >= 4 is 108 Å². The number of azo groups is 3.